The number of hydrogen-bond acceptors (Lipinski definition) is 4. The van der Waals surface area contributed by atoms with Gasteiger partial charge < -0.3 is 10.1 Å². The van der Waals surface area contributed by atoms with Gasteiger partial charge in [0.25, 0.3) is 5.91 Å². The SMILES string of the molecule is Cc1ccc([C@H](NC(=O)c2ccc(CS(=O)(=O)N3CCOCC3)cc2)c2ccccc2)cc1. The first kappa shape index (κ1) is 23.2. The van der Waals surface area contributed by atoms with Crippen LogP contribution in [0.25, 0.3) is 0 Å². The van der Waals surface area contributed by atoms with Crippen molar-refractivity contribution in [3.05, 3.63) is 107 Å². The molecule has 0 bridgehead atoms. The number of nitrogens with one attached hydrogen (secondary N) is 1. The van der Waals surface area contributed by atoms with Crippen LogP contribution in [0.4, 0.5) is 0 Å². The Morgan fingerprint density at radius 1 is 0.909 bits per heavy atom. The van der Waals surface area contributed by atoms with Crippen LogP contribution in [0, 0.1) is 6.92 Å². The molecule has 7 heteroatoms. The summed E-state index contributed by atoms with van der Waals surface area (Å²) in [6.45, 7) is 3.62. The molecule has 1 heterocycles. The largest absolute Gasteiger partial charge is 0.379 e. The molecule has 1 aliphatic heterocycles. The summed E-state index contributed by atoms with van der Waals surface area (Å²) < 4.78 is 32.0. The Morgan fingerprint density at radius 2 is 1.52 bits per heavy atom. The highest BCUT2D eigenvalue weighted by atomic mass is 32.2. The molecule has 0 aromatic heterocycles. The summed E-state index contributed by atoms with van der Waals surface area (Å²) in [4.78, 5) is 13.1. The number of hydrogen-bond donors (Lipinski definition) is 1. The monoisotopic (exact) mass is 464 g/mol. The van der Waals surface area contributed by atoms with Crippen molar-refractivity contribution >= 4 is 15.9 Å². The lowest BCUT2D eigenvalue weighted by Crippen LogP contribution is -2.41. The maximum Gasteiger partial charge on any atom is 0.252 e. The molecule has 1 amide bonds. The highest BCUT2D eigenvalue weighted by Gasteiger charge is 2.25. The Kier molecular flexibility index (Phi) is 7.23. The second-order valence-electron chi connectivity index (χ2n) is 8.19. The minimum atomic E-state index is -3.41. The number of benzene rings is 3. The van der Waals surface area contributed by atoms with E-state index in [9.17, 15) is 13.2 Å². The van der Waals surface area contributed by atoms with Gasteiger partial charge in [0.05, 0.1) is 25.0 Å². The number of morpholine rings is 1. The summed E-state index contributed by atoms with van der Waals surface area (Å²) in [5.74, 6) is -0.308. The molecular formula is C26H28N2O4S. The summed E-state index contributed by atoms with van der Waals surface area (Å²) in [6.07, 6.45) is 0. The zero-order valence-corrected chi connectivity index (χ0v) is 19.4. The number of nitrogens with zero attached hydrogens (tertiary/aromatic N) is 1. The van der Waals surface area contributed by atoms with E-state index in [1.165, 1.54) is 4.31 Å². The summed E-state index contributed by atoms with van der Waals surface area (Å²) in [5, 5.41) is 3.13. The summed E-state index contributed by atoms with van der Waals surface area (Å²) >= 11 is 0. The van der Waals surface area contributed by atoms with E-state index in [0.717, 1.165) is 16.7 Å². The number of aryl methyl sites for hydroxylation is 1. The molecule has 0 spiro atoms. The number of ether oxygens (including phenoxy) is 1. The predicted octanol–water partition coefficient (Wildman–Crippen LogP) is 3.68. The molecule has 6 nitrogen and oxygen atoms in total. The molecular weight excluding hydrogens is 436 g/mol. The standard InChI is InChI=1S/C26H28N2O4S/c1-20-7-11-23(12-8-20)25(22-5-3-2-4-6-22)27-26(29)24-13-9-21(10-14-24)19-33(30,31)28-15-17-32-18-16-28/h2-14,25H,15-19H2,1H3,(H,27,29)/t25-/m1/s1. The molecule has 1 atom stereocenters. The van der Waals surface area contributed by atoms with Gasteiger partial charge in [-0.1, -0.05) is 72.3 Å². The normalized spacial score (nSPS) is 15.7. The Labute approximate surface area is 195 Å². The second-order valence-corrected chi connectivity index (χ2v) is 10.2. The fourth-order valence-corrected chi connectivity index (χ4v) is 5.36. The first-order chi connectivity index (χ1) is 15.9. The Morgan fingerprint density at radius 3 is 2.15 bits per heavy atom. The molecule has 0 unspecified atom stereocenters. The van der Waals surface area contributed by atoms with Crippen LogP contribution in [0.2, 0.25) is 0 Å². The third kappa shape index (κ3) is 5.87. The number of sulfonamides is 1. The summed E-state index contributed by atoms with van der Waals surface area (Å²) in [6, 6.07) is 24.4. The quantitative estimate of drug-likeness (QED) is 0.579. The van der Waals surface area contributed by atoms with Crippen molar-refractivity contribution in [2.24, 2.45) is 0 Å². The molecule has 1 aliphatic rings. The van der Waals surface area contributed by atoms with Crippen LogP contribution in [-0.2, 0) is 20.5 Å². The molecule has 3 aromatic rings. The Balaban J connectivity index is 1.49. The smallest absolute Gasteiger partial charge is 0.252 e. The van der Waals surface area contributed by atoms with Crippen LogP contribution in [0.15, 0.2) is 78.9 Å². The van der Waals surface area contributed by atoms with Gasteiger partial charge in [-0.05, 0) is 35.7 Å². The minimum Gasteiger partial charge on any atom is -0.379 e. The number of carbonyl (C=O) groups is 1. The van der Waals surface area contributed by atoms with E-state index >= 15 is 0 Å². The van der Waals surface area contributed by atoms with Crippen molar-refractivity contribution in [3.63, 3.8) is 0 Å². The highest BCUT2D eigenvalue weighted by molar-refractivity contribution is 7.88. The van der Waals surface area contributed by atoms with Gasteiger partial charge >= 0.3 is 0 Å². The van der Waals surface area contributed by atoms with Crippen LogP contribution in [-0.4, -0.2) is 44.9 Å². The van der Waals surface area contributed by atoms with Crippen LogP contribution < -0.4 is 5.32 Å². The van der Waals surface area contributed by atoms with Crippen molar-refractivity contribution in [1.82, 2.24) is 9.62 Å². The van der Waals surface area contributed by atoms with E-state index in [4.69, 9.17) is 4.74 Å². The molecule has 0 aliphatic carbocycles. The fourth-order valence-electron chi connectivity index (χ4n) is 3.86. The molecule has 4 rings (SSSR count). The molecule has 0 saturated carbocycles. The average Bonchev–Trinajstić information content (AvgIpc) is 2.84. The van der Waals surface area contributed by atoms with Gasteiger partial charge in [0, 0.05) is 18.7 Å². The zero-order valence-electron chi connectivity index (χ0n) is 18.6. The number of amides is 1. The molecule has 3 aromatic carbocycles. The van der Waals surface area contributed by atoms with Crippen LogP contribution in [0.1, 0.15) is 38.7 Å². The molecule has 1 fully saturated rings. The van der Waals surface area contributed by atoms with Gasteiger partial charge in [0.15, 0.2) is 0 Å². The van der Waals surface area contributed by atoms with Gasteiger partial charge in [0.2, 0.25) is 10.0 Å². The van der Waals surface area contributed by atoms with Crippen molar-refractivity contribution in [3.8, 4) is 0 Å². The zero-order chi connectivity index (χ0) is 23.3. The van der Waals surface area contributed by atoms with E-state index < -0.39 is 10.0 Å². The van der Waals surface area contributed by atoms with E-state index in [-0.39, 0.29) is 17.7 Å². The van der Waals surface area contributed by atoms with Crippen molar-refractivity contribution < 1.29 is 17.9 Å². The Hall–Kier alpha value is -3.00. The van der Waals surface area contributed by atoms with Crippen LogP contribution >= 0.6 is 0 Å². The lowest BCUT2D eigenvalue weighted by Gasteiger charge is -2.26. The highest BCUT2D eigenvalue weighted by Crippen LogP contribution is 2.23. The average molecular weight is 465 g/mol. The van der Waals surface area contributed by atoms with Gasteiger partial charge in [-0.3, -0.25) is 4.79 Å². The number of rotatable bonds is 7. The molecule has 1 saturated heterocycles. The van der Waals surface area contributed by atoms with Gasteiger partial charge in [-0.25, -0.2) is 8.42 Å². The molecule has 33 heavy (non-hydrogen) atoms. The van der Waals surface area contributed by atoms with E-state index in [2.05, 4.69) is 5.32 Å². The maximum atomic E-state index is 13.1. The van der Waals surface area contributed by atoms with Crippen molar-refractivity contribution in [1.29, 1.82) is 0 Å². The minimum absolute atomic E-state index is 0.0924. The van der Waals surface area contributed by atoms with Crippen molar-refractivity contribution in [2.45, 2.75) is 18.7 Å². The maximum absolute atomic E-state index is 13.1. The predicted molar refractivity (Wildman–Crippen MR) is 128 cm³/mol. The lowest BCUT2D eigenvalue weighted by atomic mass is 9.97. The lowest BCUT2D eigenvalue weighted by molar-refractivity contribution is 0.0729. The first-order valence-corrected chi connectivity index (χ1v) is 12.6. The van der Waals surface area contributed by atoms with Gasteiger partial charge in [-0.2, -0.15) is 4.31 Å². The van der Waals surface area contributed by atoms with Crippen LogP contribution in [0.3, 0.4) is 0 Å². The topological polar surface area (TPSA) is 75.7 Å². The van der Waals surface area contributed by atoms with Crippen LogP contribution in [0.5, 0.6) is 0 Å². The molecule has 1 N–H and O–H groups in total. The van der Waals surface area contributed by atoms with E-state index in [0.29, 0.717) is 37.4 Å². The van der Waals surface area contributed by atoms with Gasteiger partial charge in [-0.15, -0.1) is 0 Å². The van der Waals surface area contributed by atoms with Gasteiger partial charge in [0.1, 0.15) is 0 Å². The second kappa shape index (κ2) is 10.3. The molecule has 172 valence electrons. The fraction of sp³-hybridized carbons (Fsp3) is 0.269. The summed E-state index contributed by atoms with van der Waals surface area (Å²) in [5.41, 5.74) is 4.27. The third-order valence-electron chi connectivity index (χ3n) is 5.75. The van der Waals surface area contributed by atoms with Crippen molar-refractivity contribution in [2.75, 3.05) is 26.3 Å². The number of carbonyl (C=O) groups excluding carboxylic acids is 1. The van der Waals surface area contributed by atoms with E-state index in [1.807, 2.05) is 61.5 Å². The van der Waals surface area contributed by atoms with E-state index in [1.54, 1.807) is 24.3 Å². The Bertz CT molecular complexity index is 1170. The molecule has 0 radical (unpaired) electrons. The summed E-state index contributed by atoms with van der Waals surface area (Å²) in [7, 11) is -3.41. The third-order valence-corrected chi connectivity index (χ3v) is 7.60. The first-order valence-electron chi connectivity index (χ1n) is 11.0.